The van der Waals surface area contributed by atoms with Gasteiger partial charge in [0.2, 0.25) is 0 Å². The smallest absolute Gasteiger partial charge is 0.405 e. The van der Waals surface area contributed by atoms with Crippen molar-refractivity contribution in [3.8, 4) is 16.9 Å². The molecule has 0 atom stereocenters. The van der Waals surface area contributed by atoms with Crippen molar-refractivity contribution in [1.29, 1.82) is 0 Å². The van der Waals surface area contributed by atoms with Gasteiger partial charge in [-0.05, 0) is 23.8 Å². The number of benzene rings is 2. The highest BCUT2D eigenvalue weighted by Crippen LogP contribution is 2.35. The molecule has 8 heteroatoms. The molecule has 2 N–H and O–H groups in total. The Labute approximate surface area is 141 Å². The van der Waals surface area contributed by atoms with Gasteiger partial charge in [0.25, 0.3) is 0 Å². The average molecular weight is 351 g/mol. The normalized spacial score (nSPS) is 11.8. The molecule has 0 spiro atoms. The molecule has 1 aromatic heterocycles. The van der Waals surface area contributed by atoms with Gasteiger partial charge in [0.1, 0.15) is 5.75 Å². The van der Waals surface area contributed by atoms with Gasteiger partial charge in [0.15, 0.2) is 5.82 Å². The minimum atomic E-state index is -4.76. The number of fused-ring (bicyclic) bond motifs is 1. The fraction of sp³-hybridized carbons (Fsp3) is 0.235. The van der Waals surface area contributed by atoms with E-state index in [2.05, 4.69) is 9.84 Å². The zero-order chi connectivity index (χ0) is 18.0. The van der Waals surface area contributed by atoms with Crippen molar-refractivity contribution < 1.29 is 22.6 Å². The van der Waals surface area contributed by atoms with E-state index in [0.29, 0.717) is 35.6 Å². The molecule has 0 aliphatic heterocycles. The molecule has 0 amide bonds. The van der Waals surface area contributed by atoms with E-state index >= 15 is 0 Å². The minimum Gasteiger partial charge on any atom is -0.405 e. The number of nitrogens with two attached hydrogens (primary N) is 1. The fourth-order valence-electron chi connectivity index (χ4n) is 2.63. The Morgan fingerprint density at radius 2 is 1.92 bits per heavy atom. The molecule has 0 saturated carbocycles. The van der Waals surface area contributed by atoms with E-state index in [9.17, 15) is 13.2 Å². The first-order valence-electron chi connectivity index (χ1n) is 7.49. The zero-order valence-electron chi connectivity index (χ0n) is 13.4. The van der Waals surface area contributed by atoms with Crippen molar-refractivity contribution in [1.82, 2.24) is 9.78 Å². The van der Waals surface area contributed by atoms with Crippen LogP contribution in [0.4, 0.5) is 19.0 Å². The predicted octanol–water partition coefficient (Wildman–Crippen LogP) is 3.83. The first kappa shape index (κ1) is 17.1. The summed E-state index contributed by atoms with van der Waals surface area (Å²) in [7, 11) is 1.57. The highest BCUT2D eigenvalue weighted by Gasteiger charge is 2.32. The number of alkyl halides is 3. The van der Waals surface area contributed by atoms with Gasteiger partial charge in [-0.2, -0.15) is 5.10 Å². The third-order valence-corrected chi connectivity index (χ3v) is 3.71. The summed E-state index contributed by atoms with van der Waals surface area (Å²) >= 11 is 0. The van der Waals surface area contributed by atoms with Gasteiger partial charge in [0, 0.05) is 18.1 Å². The summed E-state index contributed by atoms with van der Waals surface area (Å²) in [6.07, 6.45) is -4.76. The average Bonchev–Trinajstić information content (AvgIpc) is 2.87. The number of hydrogen-bond donors (Lipinski definition) is 1. The van der Waals surface area contributed by atoms with Crippen LogP contribution < -0.4 is 10.5 Å². The number of methoxy groups -OCH3 is 1. The van der Waals surface area contributed by atoms with Crippen LogP contribution in [0, 0.1) is 0 Å². The van der Waals surface area contributed by atoms with E-state index < -0.39 is 6.36 Å². The number of rotatable bonds is 5. The largest absolute Gasteiger partial charge is 0.573 e. The van der Waals surface area contributed by atoms with Crippen LogP contribution >= 0.6 is 0 Å². The summed E-state index contributed by atoms with van der Waals surface area (Å²) in [6.45, 7) is 0.919. The molecule has 0 radical (unpaired) electrons. The van der Waals surface area contributed by atoms with Crippen molar-refractivity contribution in [2.45, 2.75) is 12.9 Å². The molecule has 0 unspecified atom stereocenters. The quantitative estimate of drug-likeness (QED) is 0.759. The second-order valence-corrected chi connectivity index (χ2v) is 5.38. The summed E-state index contributed by atoms with van der Waals surface area (Å²) in [5, 5.41) is 4.98. The standard InChI is InChI=1S/C17H16F3N3O2/c1-24-9-8-23-14-10-11(6-7-13(14)16(21)22-23)12-4-2-3-5-15(12)25-17(18,19)20/h2-7,10H,8-9H2,1H3,(H2,21,22). The summed E-state index contributed by atoms with van der Waals surface area (Å²) in [4.78, 5) is 0. The molecule has 0 fully saturated rings. The third-order valence-electron chi connectivity index (χ3n) is 3.71. The van der Waals surface area contributed by atoms with Gasteiger partial charge < -0.3 is 15.2 Å². The van der Waals surface area contributed by atoms with Crippen LogP contribution in [0.5, 0.6) is 5.75 Å². The Hall–Kier alpha value is -2.74. The van der Waals surface area contributed by atoms with Crippen LogP contribution in [0.3, 0.4) is 0 Å². The van der Waals surface area contributed by atoms with Crippen LogP contribution in [0.15, 0.2) is 42.5 Å². The number of hydrogen-bond acceptors (Lipinski definition) is 4. The Kier molecular flexibility index (Phi) is 4.54. The predicted molar refractivity (Wildman–Crippen MR) is 88.1 cm³/mol. The number of nitrogen functional groups attached to an aromatic ring is 1. The molecule has 25 heavy (non-hydrogen) atoms. The van der Waals surface area contributed by atoms with E-state index in [4.69, 9.17) is 10.5 Å². The Bertz CT molecular complexity index is 890. The molecule has 0 saturated heterocycles. The molecule has 0 aliphatic carbocycles. The highest BCUT2D eigenvalue weighted by molar-refractivity contribution is 5.92. The van der Waals surface area contributed by atoms with Gasteiger partial charge in [-0.25, -0.2) is 0 Å². The zero-order valence-corrected chi connectivity index (χ0v) is 13.4. The number of nitrogens with zero attached hydrogens (tertiary/aromatic N) is 2. The maximum atomic E-state index is 12.6. The summed E-state index contributed by atoms with van der Waals surface area (Å²) in [5.41, 5.74) is 7.53. The minimum absolute atomic E-state index is 0.259. The first-order chi connectivity index (χ1) is 11.9. The highest BCUT2D eigenvalue weighted by atomic mass is 19.4. The number of halogens is 3. The van der Waals surface area contributed by atoms with E-state index in [1.807, 2.05) is 0 Å². The van der Waals surface area contributed by atoms with E-state index in [1.165, 1.54) is 12.1 Å². The van der Waals surface area contributed by atoms with Crippen molar-refractivity contribution in [2.75, 3.05) is 19.5 Å². The van der Waals surface area contributed by atoms with E-state index in [0.717, 1.165) is 5.39 Å². The number of para-hydroxylation sites is 1. The molecular weight excluding hydrogens is 335 g/mol. The molecule has 2 aromatic carbocycles. The Morgan fingerprint density at radius 3 is 2.64 bits per heavy atom. The van der Waals surface area contributed by atoms with E-state index in [-0.39, 0.29) is 5.75 Å². The second kappa shape index (κ2) is 6.64. The summed E-state index contributed by atoms with van der Waals surface area (Å²) in [5.74, 6) is 0.0998. The lowest BCUT2D eigenvalue weighted by molar-refractivity contribution is -0.274. The number of ether oxygens (including phenoxy) is 2. The Morgan fingerprint density at radius 1 is 1.16 bits per heavy atom. The summed E-state index contributed by atoms with van der Waals surface area (Å²) < 4.78 is 48.7. The molecule has 132 valence electrons. The van der Waals surface area contributed by atoms with Gasteiger partial charge in [-0.3, -0.25) is 4.68 Å². The fourth-order valence-corrected chi connectivity index (χ4v) is 2.63. The summed E-state index contributed by atoms with van der Waals surface area (Å²) in [6, 6.07) is 11.2. The molecular formula is C17H16F3N3O2. The van der Waals surface area contributed by atoms with Crippen LogP contribution in [-0.4, -0.2) is 29.9 Å². The van der Waals surface area contributed by atoms with Crippen molar-refractivity contribution >= 4 is 16.7 Å². The lowest BCUT2D eigenvalue weighted by atomic mass is 10.0. The Balaban J connectivity index is 2.08. The van der Waals surface area contributed by atoms with Gasteiger partial charge in [-0.1, -0.05) is 24.3 Å². The molecule has 5 nitrogen and oxygen atoms in total. The van der Waals surface area contributed by atoms with Crippen LogP contribution in [0.1, 0.15) is 0 Å². The van der Waals surface area contributed by atoms with Crippen LogP contribution in [0.2, 0.25) is 0 Å². The molecule has 3 aromatic rings. The lowest BCUT2D eigenvalue weighted by Crippen LogP contribution is -2.17. The van der Waals surface area contributed by atoms with Gasteiger partial charge in [-0.15, -0.1) is 13.2 Å². The third kappa shape index (κ3) is 3.69. The van der Waals surface area contributed by atoms with Gasteiger partial charge >= 0.3 is 6.36 Å². The molecule has 3 rings (SSSR count). The van der Waals surface area contributed by atoms with Crippen LogP contribution in [-0.2, 0) is 11.3 Å². The SMILES string of the molecule is COCCn1nc(N)c2ccc(-c3ccccc3OC(F)(F)F)cc21. The van der Waals surface area contributed by atoms with Gasteiger partial charge in [0.05, 0.1) is 18.7 Å². The topological polar surface area (TPSA) is 62.3 Å². The van der Waals surface area contributed by atoms with Crippen molar-refractivity contribution in [3.05, 3.63) is 42.5 Å². The number of aromatic nitrogens is 2. The maximum absolute atomic E-state index is 12.6. The molecule has 1 heterocycles. The van der Waals surface area contributed by atoms with Crippen molar-refractivity contribution in [2.24, 2.45) is 0 Å². The monoisotopic (exact) mass is 351 g/mol. The lowest BCUT2D eigenvalue weighted by Gasteiger charge is -2.13. The van der Waals surface area contributed by atoms with Crippen LogP contribution in [0.25, 0.3) is 22.0 Å². The first-order valence-corrected chi connectivity index (χ1v) is 7.49. The van der Waals surface area contributed by atoms with E-state index in [1.54, 1.807) is 42.1 Å². The number of anilines is 1. The second-order valence-electron chi connectivity index (χ2n) is 5.38. The maximum Gasteiger partial charge on any atom is 0.573 e. The molecule has 0 bridgehead atoms. The molecule has 0 aliphatic rings. The van der Waals surface area contributed by atoms with Crippen molar-refractivity contribution in [3.63, 3.8) is 0 Å².